The second-order valence-corrected chi connectivity index (χ2v) is 6.78. The van der Waals surface area contributed by atoms with Gasteiger partial charge in [0.15, 0.2) is 0 Å². The van der Waals surface area contributed by atoms with Crippen molar-refractivity contribution in [3.63, 3.8) is 0 Å². The van der Waals surface area contributed by atoms with Crippen molar-refractivity contribution in [3.8, 4) is 0 Å². The molecule has 6 heteroatoms. The second kappa shape index (κ2) is 5.26. The van der Waals surface area contributed by atoms with Crippen LogP contribution in [0.25, 0.3) is 10.2 Å². The maximum atomic E-state index is 12.1. The molecule has 1 saturated heterocycles. The van der Waals surface area contributed by atoms with Crippen LogP contribution in [0.5, 0.6) is 0 Å². The summed E-state index contributed by atoms with van der Waals surface area (Å²) in [5, 5.41) is 6.30. The molecule has 0 atom stereocenters. The molecule has 0 radical (unpaired) electrons. The van der Waals surface area contributed by atoms with E-state index in [1.807, 2.05) is 0 Å². The molecule has 1 aliphatic carbocycles. The van der Waals surface area contributed by atoms with Gasteiger partial charge < -0.3 is 10.2 Å². The largest absolute Gasteiger partial charge is 0.356 e. The van der Waals surface area contributed by atoms with Crippen LogP contribution < -0.4 is 10.2 Å². The Morgan fingerprint density at radius 2 is 2.05 bits per heavy atom. The summed E-state index contributed by atoms with van der Waals surface area (Å²) in [4.78, 5) is 24.2. The number of thiophene rings is 1. The van der Waals surface area contributed by atoms with Crippen LogP contribution in [-0.4, -0.2) is 35.0 Å². The van der Waals surface area contributed by atoms with Crippen LogP contribution in [0.1, 0.15) is 25.7 Å². The SMILES string of the molecule is O=C(NC1CC1)C1CCN(c2ncnc3sccc23)CC1. The van der Waals surface area contributed by atoms with Gasteiger partial charge in [0.25, 0.3) is 0 Å². The fraction of sp³-hybridized carbons (Fsp3) is 0.533. The minimum absolute atomic E-state index is 0.168. The van der Waals surface area contributed by atoms with Crippen LogP contribution in [0, 0.1) is 5.92 Å². The Morgan fingerprint density at radius 1 is 1.24 bits per heavy atom. The van der Waals surface area contributed by atoms with E-state index in [9.17, 15) is 4.79 Å². The number of anilines is 1. The van der Waals surface area contributed by atoms with Crippen molar-refractivity contribution >= 4 is 33.3 Å². The molecule has 2 fully saturated rings. The van der Waals surface area contributed by atoms with Crippen molar-refractivity contribution in [1.29, 1.82) is 0 Å². The zero-order valence-electron chi connectivity index (χ0n) is 11.8. The zero-order valence-corrected chi connectivity index (χ0v) is 12.6. The molecule has 2 aromatic heterocycles. The van der Waals surface area contributed by atoms with E-state index in [-0.39, 0.29) is 11.8 Å². The number of carbonyl (C=O) groups is 1. The summed E-state index contributed by atoms with van der Waals surface area (Å²) < 4.78 is 0. The van der Waals surface area contributed by atoms with Crippen molar-refractivity contribution < 1.29 is 4.79 Å². The molecule has 5 nitrogen and oxygen atoms in total. The van der Waals surface area contributed by atoms with E-state index in [2.05, 4.69) is 31.6 Å². The molecule has 1 N–H and O–H groups in total. The van der Waals surface area contributed by atoms with Gasteiger partial charge in [-0.05, 0) is 37.1 Å². The number of carbonyl (C=O) groups excluding carboxylic acids is 1. The van der Waals surface area contributed by atoms with Gasteiger partial charge in [-0.15, -0.1) is 11.3 Å². The first-order chi connectivity index (χ1) is 10.3. The molecule has 2 aromatic rings. The molecule has 4 rings (SSSR count). The predicted octanol–water partition coefficient (Wildman–Crippen LogP) is 2.19. The number of hydrogen-bond acceptors (Lipinski definition) is 5. The van der Waals surface area contributed by atoms with Crippen LogP contribution in [0.3, 0.4) is 0 Å². The quantitative estimate of drug-likeness (QED) is 0.944. The first kappa shape index (κ1) is 13.0. The molecular weight excluding hydrogens is 284 g/mol. The van der Waals surface area contributed by atoms with E-state index in [0.29, 0.717) is 6.04 Å². The molecule has 1 aliphatic heterocycles. The van der Waals surface area contributed by atoms with Crippen molar-refractivity contribution in [2.45, 2.75) is 31.7 Å². The third-order valence-electron chi connectivity index (χ3n) is 4.33. The summed E-state index contributed by atoms with van der Waals surface area (Å²) in [6.07, 6.45) is 5.77. The number of amides is 1. The standard InChI is InChI=1S/C15H18N4OS/c20-14(18-11-1-2-11)10-3-6-19(7-4-10)13-12-5-8-21-15(12)17-9-16-13/h5,8-11H,1-4,6-7H2,(H,18,20). The van der Waals surface area contributed by atoms with Gasteiger partial charge >= 0.3 is 0 Å². The Morgan fingerprint density at radius 3 is 2.81 bits per heavy atom. The average molecular weight is 302 g/mol. The molecule has 0 aromatic carbocycles. The van der Waals surface area contributed by atoms with E-state index in [0.717, 1.165) is 54.8 Å². The van der Waals surface area contributed by atoms with Gasteiger partial charge in [-0.2, -0.15) is 0 Å². The summed E-state index contributed by atoms with van der Waals surface area (Å²) in [5.74, 6) is 1.43. The number of piperidine rings is 1. The Kier molecular flexibility index (Phi) is 3.25. The summed E-state index contributed by atoms with van der Waals surface area (Å²) >= 11 is 1.64. The molecule has 0 bridgehead atoms. The van der Waals surface area contributed by atoms with Gasteiger partial charge in [0, 0.05) is 25.0 Å². The summed E-state index contributed by atoms with van der Waals surface area (Å²) in [6.45, 7) is 1.79. The normalized spacial score (nSPS) is 19.9. The minimum Gasteiger partial charge on any atom is -0.356 e. The number of rotatable bonds is 3. The van der Waals surface area contributed by atoms with Gasteiger partial charge in [-0.3, -0.25) is 4.79 Å². The first-order valence-corrected chi connectivity index (χ1v) is 8.43. The highest BCUT2D eigenvalue weighted by molar-refractivity contribution is 7.16. The predicted molar refractivity (Wildman–Crippen MR) is 83.5 cm³/mol. The molecule has 0 unspecified atom stereocenters. The Labute approximate surface area is 127 Å². The Hall–Kier alpha value is -1.69. The van der Waals surface area contributed by atoms with Crippen molar-refractivity contribution in [2.75, 3.05) is 18.0 Å². The van der Waals surface area contributed by atoms with Gasteiger partial charge in [0.05, 0.1) is 5.39 Å². The van der Waals surface area contributed by atoms with Gasteiger partial charge in [0.1, 0.15) is 17.0 Å². The van der Waals surface area contributed by atoms with Gasteiger partial charge in [0.2, 0.25) is 5.91 Å². The zero-order chi connectivity index (χ0) is 14.2. The molecule has 3 heterocycles. The second-order valence-electron chi connectivity index (χ2n) is 5.88. The first-order valence-electron chi connectivity index (χ1n) is 7.55. The number of nitrogens with zero attached hydrogens (tertiary/aromatic N) is 3. The van der Waals surface area contributed by atoms with E-state index in [1.54, 1.807) is 17.7 Å². The van der Waals surface area contributed by atoms with E-state index in [1.165, 1.54) is 0 Å². The summed E-state index contributed by atoms with van der Waals surface area (Å²) in [5.41, 5.74) is 0. The fourth-order valence-corrected chi connectivity index (χ4v) is 3.66. The highest BCUT2D eigenvalue weighted by atomic mass is 32.1. The monoisotopic (exact) mass is 302 g/mol. The minimum atomic E-state index is 0.168. The molecular formula is C15H18N4OS. The molecule has 1 saturated carbocycles. The Bertz CT molecular complexity index is 658. The van der Waals surface area contributed by atoms with Crippen LogP contribution >= 0.6 is 11.3 Å². The van der Waals surface area contributed by atoms with Crippen molar-refractivity contribution in [3.05, 3.63) is 17.8 Å². The maximum Gasteiger partial charge on any atom is 0.223 e. The topological polar surface area (TPSA) is 58.1 Å². The lowest BCUT2D eigenvalue weighted by Crippen LogP contribution is -2.41. The third kappa shape index (κ3) is 2.60. The molecule has 1 amide bonds. The van der Waals surface area contributed by atoms with Crippen LogP contribution in [0.2, 0.25) is 0 Å². The number of hydrogen-bond donors (Lipinski definition) is 1. The summed E-state index contributed by atoms with van der Waals surface area (Å²) in [6, 6.07) is 2.55. The maximum absolute atomic E-state index is 12.1. The van der Waals surface area contributed by atoms with Crippen molar-refractivity contribution in [1.82, 2.24) is 15.3 Å². The highest BCUT2D eigenvalue weighted by Crippen LogP contribution is 2.30. The summed E-state index contributed by atoms with van der Waals surface area (Å²) in [7, 11) is 0. The van der Waals surface area contributed by atoms with E-state index >= 15 is 0 Å². The van der Waals surface area contributed by atoms with Crippen molar-refractivity contribution in [2.24, 2.45) is 5.92 Å². The lowest BCUT2D eigenvalue weighted by atomic mass is 9.95. The van der Waals surface area contributed by atoms with Crippen LogP contribution in [-0.2, 0) is 4.79 Å². The third-order valence-corrected chi connectivity index (χ3v) is 5.15. The molecule has 21 heavy (non-hydrogen) atoms. The lowest BCUT2D eigenvalue weighted by Gasteiger charge is -2.32. The number of nitrogens with one attached hydrogen (secondary N) is 1. The molecule has 110 valence electrons. The Balaban J connectivity index is 1.44. The number of aromatic nitrogens is 2. The van der Waals surface area contributed by atoms with Gasteiger partial charge in [-0.25, -0.2) is 9.97 Å². The highest BCUT2D eigenvalue weighted by Gasteiger charge is 2.30. The van der Waals surface area contributed by atoms with E-state index < -0.39 is 0 Å². The van der Waals surface area contributed by atoms with Crippen LogP contribution in [0.15, 0.2) is 17.8 Å². The fourth-order valence-electron chi connectivity index (χ4n) is 2.93. The average Bonchev–Trinajstić information content (AvgIpc) is 3.20. The van der Waals surface area contributed by atoms with E-state index in [4.69, 9.17) is 0 Å². The lowest BCUT2D eigenvalue weighted by molar-refractivity contribution is -0.125. The molecule has 2 aliphatic rings. The van der Waals surface area contributed by atoms with Crippen LogP contribution in [0.4, 0.5) is 5.82 Å². The number of fused-ring (bicyclic) bond motifs is 1. The van der Waals surface area contributed by atoms with Gasteiger partial charge in [-0.1, -0.05) is 0 Å². The molecule has 0 spiro atoms. The smallest absolute Gasteiger partial charge is 0.223 e.